The Labute approximate surface area is 123 Å². The quantitative estimate of drug-likeness (QED) is 0.939. The number of rotatable bonds is 3. The predicted molar refractivity (Wildman–Crippen MR) is 75.9 cm³/mol. The molecule has 0 fully saturated rings. The van der Waals surface area contributed by atoms with E-state index in [9.17, 15) is 22.8 Å². The Morgan fingerprint density at radius 2 is 1.77 bits per heavy atom. The van der Waals surface area contributed by atoms with Gasteiger partial charge in [-0.15, -0.1) is 0 Å². The minimum Gasteiger partial charge on any atom is -0.357 e. The van der Waals surface area contributed by atoms with Gasteiger partial charge in [-0.1, -0.05) is 12.1 Å². The van der Waals surface area contributed by atoms with Gasteiger partial charge in [0, 0.05) is 26.7 Å². The van der Waals surface area contributed by atoms with Gasteiger partial charge in [0.25, 0.3) is 5.56 Å². The van der Waals surface area contributed by atoms with Crippen molar-refractivity contribution in [1.29, 1.82) is 0 Å². The highest BCUT2D eigenvalue weighted by Gasteiger charge is 2.29. The first-order valence-corrected chi connectivity index (χ1v) is 6.36. The number of alkyl halides is 3. The van der Waals surface area contributed by atoms with Crippen molar-refractivity contribution in [2.75, 3.05) is 11.9 Å². The molecule has 0 bridgehead atoms. The van der Waals surface area contributed by atoms with Crippen LogP contribution in [0.2, 0.25) is 0 Å². The van der Waals surface area contributed by atoms with E-state index in [-0.39, 0.29) is 6.54 Å². The normalized spacial score (nSPS) is 11.5. The maximum Gasteiger partial charge on any atom is 0.416 e. The van der Waals surface area contributed by atoms with Crippen molar-refractivity contribution in [3.63, 3.8) is 0 Å². The van der Waals surface area contributed by atoms with Crippen molar-refractivity contribution < 1.29 is 13.2 Å². The fraction of sp³-hybridized carbons (Fsp3) is 0.286. The average molecular weight is 313 g/mol. The average Bonchev–Trinajstić information content (AvgIpc) is 2.43. The summed E-state index contributed by atoms with van der Waals surface area (Å²) in [5.41, 5.74) is -1.11. The Hall–Kier alpha value is -2.51. The van der Waals surface area contributed by atoms with Crippen LogP contribution in [-0.2, 0) is 19.8 Å². The van der Waals surface area contributed by atoms with Crippen LogP contribution in [0.1, 0.15) is 11.1 Å². The highest BCUT2D eigenvalue weighted by Crippen LogP contribution is 2.29. The summed E-state index contributed by atoms with van der Waals surface area (Å²) >= 11 is 0. The molecular weight excluding hydrogens is 299 g/mol. The SMILES string of the molecule is CN(Cc1ccc(C(F)(F)F)cc1)c1cc(=O)n(C)c(=O)[nH]1. The molecule has 0 aliphatic rings. The van der Waals surface area contributed by atoms with E-state index in [1.165, 1.54) is 25.2 Å². The third-order valence-corrected chi connectivity index (χ3v) is 3.24. The third-order valence-electron chi connectivity index (χ3n) is 3.24. The summed E-state index contributed by atoms with van der Waals surface area (Å²) < 4.78 is 38.4. The highest BCUT2D eigenvalue weighted by atomic mass is 19.4. The molecule has 0 saturated heterocycles. The zero-order valence-corrected chi connectivity index (χ0v) is 11.9. The van der Waals surface area contributed by atoms with E-state index in [1.54, 1.807) is 11.9 Å². The van der Waals surface area contributed by atoms with Gasteiger partial charge in [-0.3, -0.25) is 14.3 Å². The summed E-state index contributed by atoms with van der Waals surface area (Å²) in [5.74, 6) is 0.299. The highest BCUT2D eigenvalue weighted by molar-refractivity contribution is 5.37. The van der Waals surface area contributed by atoms with Crippen LogP contribution >= 0.6 is 0 Å². The van der Waals surface area contributed by atoms with Gasteiger partial charge >= 0.3 is 11.9 Å². The Balaban J connectivity index is 2.20. The second kappa shape index (κ2) is 5.70. The van der Waals surface area contributed by atoms with E-state index >= 15 is 0 Å². The number of nitrogens with one attached hydrogen (secondary N) is 1. The van der Waals surface area contributed by atoms with Crippen LogP contribution in [0.5, 0.6) is 0 Å². The van der Waals surface area contributed by atoms with E-state index < -0.39 is 23.0 Å². The maximum absolute atomic E-state index is 12.5. The van der Waals surface area contributed by atoms with Crippen LogP contribution in [0.4, 0.5) is 19.0 Å². The zero-order chi connectivity index (χ0) is 16.5. The predicted octanol–water partition coefficient (Wildman–Crippen LogP) is 1.73. The number of hydrogen-bond acceptors (Lipinski definition) is 3. The molecule has 0 radical (unpaired) electrons. The van der Waals surface area contributed by atoms with Crippen LogP contribution in [0, 0.1) is 0 Å². The van der Waals surface area contributed by atoms with Crippen molar-refractivity contribution in [3.05, 3.63) is 62.3 Å². The van der Waals surface area contributed by atoms with E-state index in [0.29, 0.717) is 11.4 Å². The topological polar surface area (TPSA) is 58.1 Å². The fourth-order valence-electron chi connectivity index (χ4n) is 1.91. The van der Waals surface area contributed by atoms with E-state index in [2.05, 4.69) is 4.98 Å². The minimum atomic E-state index is -4.37. The molecule has 0 unspecified atom stereocenters. The summed E-state index contributed by atoms with van der Waals surface area (Å²) in [6.45, 7) is 0.251. The zero-order valence-electron chi connectivity index (χ0n) is 11.9. The van der Waals surface area contributed by atoms with Gasteiger partial charge in [-0.25, -0.2) is 4.79 Å². The lowest BCUT2D eigenvalue weighted by atomic mass is 10.1. The molecule has 0 aliphatic heterocycles. The van der Waals surface area contributed by atoms with Crippen LogP contribution in [0.3, 0.4) is 0 Å². The molecule has 2 aromatic rings. The second-order valence-corrected chi connectivity index (χ2v) is 4.91. The number of aromatic amines is 1. The number of benzene rings is 1. The molecule has 22 heavy (non-hydrogen) atoms. The summed E-state index contributed by atoms with van der Waals surface area (Å²) in [6.07, 6.45) is -4.37. The van der Waals surface area contributed by atoms with Gasteiger partial charge in [-0.2, -0.15) is 13.2 Å². The molecule has 0 aliphatic carbocycles. The monoisotopic (exact) mass is 313 g/mol. The first-order valence-electron chi connectivity index (χ1n) is 6.36. The molecule has 8 heteroatoms. The lowest BCUT2D eigenvalue weighted by Crippen LogP contribution is -2.34. The van der Waals surface area contributed by atoms with Crippen LogP contribution < -0.4 is 16.1 Å². The van der Waals surface area contributed by atoms with Crippen molar-refractivity contribution in [1.82, 2.24) is 9.55 Å². The van der Waals surface area contributed by atoms with Gasteiger partial charge in [-0.05, 0) is 17.7 Å². The molecule has 1 heterocycles. The number of hydrogen-bond donors (Lipinski definition) is 1. The summed E-state index contributed by atoms with van der Waals surface area (Å²) in [7, 11) is 2.98. The smallest absolute Gasteiger partial charge is 0.357 e. The van der Waals surface area contributed by atoms with Crippen molar-refractivity contribution in [2.45, 2.75) is 12.7 Å². The molecule has 0 saturated carbocycles. The van der Waals surface area contributed by atoms with E-state index in [4.69, 9.17) is 0 Å². The minimum absolute atomic E-state index is 0.251. The fourth-order valence-corrected chi connectivity index (χ4v) is 1.91. The molecule has 1 N–H and O–H groups in total. The lowest BCUT2D eigenvalue weighted by Gasteiger charge is -2.19. The van der Waals surface area contributed by atoms with Crippen molar-refractivity contribution in [2.24, 2.45) is 7.05 Å². The van der Waals surface area contributed by atoms with Crippen molar-refractivity contribution in [3.8, 4) is 0 Å². The molecule has 0 spiro atoms. The second-order valence-electron chi connectivity index (χ2n) is 4.91. The standard InChI is InChI=1S/C14H14F3N3O2/c1-19(11-7-12(21)20(2)13(22)18-11)8-9-3-5-10(6-4-9)14(15,16)17/h3-7H,8H2,1-2H3,(H,18,22). The Bertz CT molecular complexity index is 744. The molecule has 1 aromatic carbocycles. The number of aromatic nitrogens is 2. The number of H-pyrrole nitrogens is 1. The third kappa shape index (κ3) is 3.38. The molecule has 0 amide bonds. The van der Waals surface area contributed by atoms with E-state index in [0.717, 1.165) is 16.7 Å². The van der Waals surface area contributed by atoms with E-state index in [1.807, 2.05) is 0 Å². The molecule has 0 atom stereocenters. The summed E-state index contributed by atoms with van der Waals surface area (Å²) in [6, 6.07) is 5.97. The van der Waals surface area contributed by atoms with Crippen LogP contribution in [0.15, 0.2) is 39.9 Å². The van der Waals surface area contributed by atoms with Crippen LogP contribution in [0.25, 0.3) is 0 Å². The maximum atomic E-state index is 12.5. The van der Waals surface area contributed by atoms with Crippen molar-refractivity contribution >= 4 is 5.82 Å². The van der Waals surface area contributed by atoms with Crippen LogP contribution in [-0.4, -0.2) is 16.6 Å². The Morgan fingerprint density at radius 1 is 1.18 bits per heavy atom. The first kappa shape index (κ1) is 15.9. The van der Waals surface area contributed by atoms with Gasteiger partial charge in [0.1, 0.15) is 5.82 Å². The number of nitrogens with zero attached hydrogens (tertiary/aromatic N) is 2. The van der Waals surface area contributed by atoms with Gasteiger partial charge in [0.15, 0.2) is 0 Å². The van der Waals surface area contributed by atoms with Gasteiger partial charge < -0.3 is 4.90 Å². The van der Waals surface area contributed by atoms with Gasteiger partial charge in [0.05, 0.1) is 5.56 Å². The largest absolute Gasteiger partial charge is 0.416 e. The lowest BCUT2D eigenvalue weighted by molar-refractivity contribution is -0.137. The van der Waals surface area contributed by atoms with Gasteiger partial charge in [0.2, 0.25) is 0 Å². The Kier molecular flexibility index (Phi) is 4.11. The molecule has 5 nitrogen and oxygen atoms in total. The number of halogens is 3. The number of anilines is 1. The summed E-state index contributed by atoms with van der Waals surface area (Å²) in [4.78, 5) is 27.2. The Morgan fingerprint density at radius 3 is 2.27 bits per heavy atom. The first-order chi connectivity index (χ1) is 10.2. The molecule has 118 valence electrons. The molecule has 1 aromatic heterocycles. The summed E-state index contributed by atoms with van der Waals surface area (Å²) in [5, 5.41) is 0. The molecular formula is C14H14F3N3O2. The molecule has 2 rings (SSSR count).